The van der Waals surface area contributed by atoms with Crippen molar-refractivity contribution < 1.29 is 39.5 Å². The predicted octanol–water partition coefficient (Wildman–Crippen LogP) is 4.30. The van der Waals surface area contributed by atoms with Gasteiger partial charge in [-0.05, 0) is 26.2 Å². The molecule has 0 aromatic rings. The van der Waals surface area contributed by atoms with E-state index < -0.39 is 54.6 Å². The van der Waals surface area contributed by atoms with Gasteiger partial charge in [-0.3, -0.25) is 4.79 Å². The summed E-state index contributed by atoms with van der Waals surface area (Å²) in [5.41, 5.74) is 6.30. The quantitative estimate of drug-likeness (QED) is 0.101. The van der Waals surface area contributed by atoms with Crippen LogP contribution in [-0.2, 0) is 14.3 Å². The van der Waals surface area contributed by atoms with E-state index in [0.29, 0.717) is 6.42 Å². The number of nitrogens with two attached hydrogens (primary N) is 1. The number of carbonyl (C=O) groups excluding carboxylic acids is 2. The Kier molecular flexibility index (Phi) is 15.7. The molecule has 240 valence electrons. The molecule has 0 radical (unpaired) electrons. The molecule has 1 heterocycles. The van der Waals surface area contributed by atoms with Crippen LogP contribution in [0, 0.1) is 41.4 Å². The number of esters is 1. The molecule has 1 amide bonds. The first-order valence-corrected chi connectivity index (χ1v) is 15.0. The Morgan fingerprint density at radius 3 is 2.21 bits per heavy atom. The van der Waals surface area contributed by atoms with Crippen molar-refractivity contribution in [3.8, 4) is 0 Å². The smallest absolute Gasteiger partial charge is 0.404 e. The molecule has 9 nitrogen and oxygen atoms in total. The minimum absolute atomic E-state index is 0.152. The van der Waals surface area contributed by atoms with Crippen LogP contribution in [0.2, 0.25) is 0 Å². The van der Waals surface area contributed by atoms with Gasteiger partial charge in [-0.2, -0.15) is 0 Å². The van der Waals surface area contributed by atoms with E-state index in [1.54, 1.807) is 38.2 Å². The number of amides is 1. The van der Waals surface area contributed by atoms with E-state index in [4.69, 9.17) is 15.2 Å². The van der Waals surface area contributed by atoms with Crippen LogP contribution in [0.15, 0.2) is 48.6 Å². The van der Waals surface area contributed by atoms with Crippen molar-refractivity contribution in [2.45, 2.75) is 105 Å². The van der Waals surface area contributed by atoms with E-state index in [1.165, 1.54) is 0 Å². The maximum Gasteiger partial charge on any atom is 0.404 e. The standard InChI is InChI=1S/C33H55NO8/c1-10-11-12-20(4)31(42-33(34)40)24(8)29(37)22(6)16-18(2)15-21(5)28(36)19(3)13-14-26(35)17-27-23(7)30(38)25(9)32(39)41-27/h10-15,19-31,35-38H,1,16-17H2,2-9H3,(H2,34,40)/b12-11-,14-13-,18-15-/t19-,20-,21-,22+,23-,24-,25+,26+,27-,28-,29+,30-,31-/m0/s1. The van der Waals surface area contributed by atoms with Gasteiger partial charge in [0, 0.05) is 36.0 Å². The maximum absolute atomic E-state index is 12.0. The summed E-state index contributed by atoms with van der Waals surface area (Å²) in [7, 11) is 0. The zero-order valence-electron chi connectivity index (χ0n) is 26.6. The van der Waals surface area contributed by atoms with Gasteiger partial charge in [0.1, 0.15) is 12.2 Å². The lowest BCUT2D eigenvalue weighted by atomic mass is 9.81. The molecule has 0 aliphatic carbocycles. The molecule has 42 heavy (non-hydrogen) atoms. The number of hydrogen-bond acceptors (Lipinski definition) is 8. The third kappa shape index (κ3) is 11.3. The highest BCUT2D eigenvalue weighted by molar-refractivity contribution is 5.73. The Balaban J connectivity index is 2.76. The fourth-order valence-electron chi connectivity index (χ4n) is 5.80. The normalized spacial score (nSPS) is 28.3. The average Bonchev–Trinajstić information content (AvgIpc) is 2.93. The third-order valence-electron chi connectivity index (χ3n) is 8.62. The van der Waals surface area contributed by atoms with E-state index in [2.05, 4.69) is 6.58 Å². The van der Waals surface area contributed by atoms with Gasteiger partial charge in [0.15, 0.2) is 0 Å². The second-order valence-electron chi connectivity index (χ2n) is 12.4. The molecule has 13 atom stereocenters. The Labute approximate surface area is 252 Å². The lowest BCUT2D eigenvalue weighted by Gasteiger charge is -2.36. The first kappa shape index (κ1) is 37.6. The highest BCUT2D eigenvalue weighted by atomic mass is 16.6. The van der Waals surface area contributed by atoms with E-state index in [9.17, 15) is 30.0 Å². The van der Waals surface area contributed by atoms with Gasteiger partial charge in [-0.1, -0.05) is 90.2 Å². The van der Waals surface area contributed by atoms with Crippen LogP contribution in [0.4, 0.5) is 4.79 Å². The van der Waals surface area contributed by atoms with Gasteiger partial charge in [0.25, 0.3) is 0 Å². The van der Waals surface area contributed by atoms with Crippen LogP contribution < -0.4 is 5.73 Å². The molecular weight excluding hydrogens is 538 g/mol. The lowest BCUT2D eigenvalue weighted by Crippen LogP contribution is -2.47. The van der Waals surface area contributed by atoms with Crippen molar-refractivity contribution in [3.05, 3.63) is 48.6 Å². The van der Waals surface area contributed by atoms with Crippen molar-refractivity contribution in [1.82, 2.24) is 0 Å². The molecule has 0 bridgehead atoms. The minimum atomic E-state index is -0.894. The fourth-order valence-corrected chi connectivity index (χ4v) is 5.80. The van der Waals surface area contributed by atoms with E-state index in [-0.39, 0.29) is 41.9 Å². The molecule has 0 unspecified atom stereocenters. The summed E-state index contributed by atoms with van der Waals surface area (Å²) < 4.78 is 10.8. The highest BCUT2D eigenvalue weighted by Crippen LogP contribution is 2.30. The van der Waals surface area contributed by atoms with Gasteiger partial charge in [-0.15, -0.1) is 0 Å². The summed E-state index contributed by atoms with van der Waals surface area (Å²) in [5.74, 6) is -2.52. The monoisotopic (exact) mass is 593 g/mol. The van der Waals surface area contributed by atoms with Crippen molar-refractivity contribution >= 4 is 12.1 Å². The van der Waals surface area contributed by atoms with Crippen LogP contribution in [0.3, 0.4) is 0 Å². The number of rotatable bonds is 16. The molecular formula is C33H55NO8. The van der Waals surface area contributed by atoms with E-state index >= 15 is 0 Å². The number of cyclic esters (lactones) is 1. The number of aliphatic hydroxyl groups excluding tert-OH is 4. The summed E-state index contributed by atoms with van der Waals surface area (Å²) in [5, 5.41) is 42.8. The van der Waals surface area contributed by atoms with Crippen LogP contribution in [-0.4, -0.2) is 69.1 Å². The van der Waals surface area contributed by atoms with Crippen LogP contribution >= 0.6 is 0 Å². The van der Waals surface area contributed by atoms with Crippen molar-refractivity contribution in [2.75, 3.05) is 0 Å². The molecule has 1 saturated heterocycles. The molecule has 1 rings (SSSR count). The maximum atomic E-state index is 12.0. The Hall–Kier alpha value is -2.46. The van der Waals surface area contributed by atoms with Gasteiger partial charge in [0.2, 0.25) is 0 Å². The molecule has 0 aromatic carbocycles. The van der Waals surface area contributed by atoms with E-state index in [1.807, 2.05) is 53.7 Å². The van der Waals surface area contributed by atoms with Crippen molar-refractivity contribution in [3.63, 3.8) is 0 Å². The molecule has 0 spiro atoms. The predicted molar refractivity (Wildman–Crippen MR) is 164 cm³/mol. The zero-order chi connectivity index (χ0) is 32.3. The van der Waals surface area contributed by atoms with Gasteiger partial charge in [-0.25, -0.2) is 4.79 Å². The number of aliphatic hydroxyl groups is 4. The second-order valence-corrected chi connectivity index (χ2v) is 12.4. The first-order valence-electron chi connectivity index (χ1n) is 15.0. The summed E-state index contributed by atoms with van der Waals surface area (Å²) in [6.45, 7) is 18.5. The Bertz CT molecular complexity index is 962. The van der Waals surface area contributed by atoms with Crippen LogP contribution in [0.5, 0.6) is 0 Å². The van der Waals surface area contributed by atoms with Crippen molar-refractivity contribution in [1.29, 1.82) is 0 Å². The second kappa shape index (κ2) is 17.6. The molecule has 0 aromatic heterocycles. The third-order valence-corrected chi connectivity index (χ3v) is 8.62. The summed E-state index contributed by atoms with van der Waals surface area (Å²) in [6, 6.07) is 0. The SMILES string of the molecule is C=C/C=C\[C@H](C)[C@H](OC(N)=O)[C@@H](C)[C@H](O)[C@H](C)C/C(C)=C\[C@H](C)[C@@H](O)[C@@H](C)/C=C\[C@@H](O)C[C@@H]1OC(=O)[C@H](C)[C@@H](O)[C@H]1C. The summed E-state index contributed by atoms with van der Waals surface area (Å²) >= 11 is 0. The topological polar surface area (TPSA) is 160 Å². The molecule has 9 heteroatoms. The van der Waals surface area contributed by atoms with E-state index in [0.717, 1.165) is 5.57 Å². The van der Waals surface area contributed by atoms with Gasteiger partial charge in [0.05, 0.1) is 30.3 Å². The Morgan fingerprint density at radius 2 is 1.64 bits per heavy atom. The minimum Gasteiger partial charge on any atom is -0.462 e. The Morgan fingerprint density at radius 1 is 1.02 bits per heavy atom. The number of allylic oxidation sites excluding steroid dienone is 3. The molecule has 1 aliphatic heterocycles. The number of hydrogen-bond donors (Lipinski definition) is 5. The fraction of sp³-hybridized carbons (Fsp3) is 0.697. The van der Waals surface area contributed by atoms with Gasteiger partial charge < -0.3 is 35.6 Å². The molecule has 1 aliphatic rings. The average molecular weight is 594 g/mol. The number of carbonyl (C=O) groups is 2. The van der Waals surface area contributed by atoms with Crippen molar-refractivity contribution in [2.24, 2.45) is 47.2 Å². The van der Waals surface area contributed by atoms with Crippen LogP contribution in [0.25, 0.3) is 0 Å². The first-order chi connectivity index (χ1) is 19.5. The number of ether oxygens (including phenoxy) is 2. The summed E-state index contributed by atoms with van der Waals surface area (Å²) in [4.78, 5) is 23.5. The summed E-state index contributed by atoms with van der Waals surface area (Å²) in [6.07, 6.45) is 6.04. The number of primary amides is 1. The molecule has 6 N–H and O–H groups in total. The zero-order valence-corrected chi connectivity index (χ0v) is 26.6. The lowest BCUT2D eigenvalue weighted by molar-refractivity contribution is -0.179. The van der Waals surface area contributed by atoms with Crippen LogP contribution in [0.1, 0.15) is 68.2 Å². The molecule has 1 fully saturated rings. The largest absolute Gasteiger partial charge is 0.462 e. The molecule has 0 saturated carbocycles. The van der Waals surface area contributed by atoms with Gasteiger partial charge >= 0.3 is 12.1 Å². The highest BCUT2D eigenvalue weighted by Gasteiger charge is 2.41.